The highest BCUT2D eigenvalue weighted by atomic mass is 32.2. The van der Waals surface area contributed by atoms with Crippen LogP contribution in [0, 0.1) is 5.82 Å². The number of benzene rings is 5. The number of carboxylic acids is 1. The van der Waals surface area contributed by atoms with Gasteiger partial charge < -0.3 is 9.84 Å². The van der Waals surface area contributed by atoms with E-state index >= 15 is 0 Å². The summed E-state index contributed by atoms with van der Waals surface area (Å²) in [5, 5.41) is 10.1. The van der Waals surface area contributed by atoms with Crippen LogP contribution in [-0.2, 0) is 34.6 Å². The minimum Gasteiger partial charge on any atom is -0.478 e. The first-order chi connectivity index (χ1) is 22.7. The summed E-state index contributed by atoms with van der Waals surface area (Å²) in [7, 11) is -3.96. The fourth-order valence-corrected chi connectivity index (χ4v) is 6.76. The molecule has 5 aromatic rings. The van der Waals surface area contributed by atoms with Crippen LogP contribution >= 0.6 is 0 Å². The van der Waals surface area contributed by atoms with Gasteiger partial charge in [0.15, 0.2) is 9.84 Å². The van der Waals surface area contributed by atoms with Gasteiger partial charge in [0.25, 0.3) is 0 Å². The first kappa shape index (κ1) is 34.4. The fourth-order valence-electron chi connectivity index (χ4n) is 5.39. The van der Waals surface area contributed by atoms with Gasteiger partial charge in [0.1, 0.15) is 17.3 Å². The maximum atomic E-state index is 13.5. The van der Waals surface area contributed by atoms with E-state index in [-0.39, 0.29) is 21.9 Å². The van der Waals surface area contributed by atoms with Gasteiger partial charge >= 0.3 is 12.1 Å². The second kappa shape index (κ2) is 14.0. The zero-order valence-corrected chi connectivity index (χ0v) is 26.9. The van der Waals surface area contributed by atoms with Gasteiger partial charge in [-0.15, -0.1) is 0 Å². The lowest BCUT2D eigenvalue weighted by Crippen LogP contribution is -2.12. The predicted octanol–water partition coefficient (Wildman–Crippen LogP) is 9.88. The number of hydrogen-bond donors (Lipinski definition) is 1. The lowest BCUT2D eigenvalue weighted by molar-refractivity contribution is -0.137. The molecule has 0 saturated heterocycles. The largest absolute Gasteiger partial charge is 0.478 e. The van der Waals surface area contributed by atoms with E-state index in [9.17, 15) is 35.9 Å². The van der Waals surface area contributed by atoms with E-state index in [4.69, 9.17) is 4.74 Å². The second-order valence-electron chi connectivity index (χ2n) is 11.7. The van der Waals surface area contributed by atoms with Crippen molar-refractivity contribution in [2.45, 2.75) is 49.4 Å². The Labute approximate surface area is 276 Å². The van der Waals surface area contributed by atoms with Crippen molar-refractivity contribution in [3.05, 3.63) is 148 Å². The Balaban J connectivity index is 1.36. The Morgan fingerprint density at radius 2 is 1.40 bits per heavy atom. The number of sulfone groups is 1. The quantitative estimate of drug-likeness (QED) is 0.141. The van der Waals surface area contributed by atoms with E-state index in [0.29, 0.717) is 35.5 Å². The third-order valence-electron chi connectivity index (χ3n) is 7.93. The van der Waals surface area contributed by atoms with Crippen LogP contribution in [0.5, 0.6) is 11.5 Å². The van der Waals surface area contributed by atoms with Crippen molar-refractivity contribution in [1.29, 1.82) is 0 Å². The van der Waals surface area contributed by atoms with E-state index in [1.165, 1.54) is 60.7 Å². The molecule has 0 aliphatic heterocycles. The highest BCUT2D eigenvalue weighted by Crippen LogP contribution is 2.35. The third-order valence-corrected chi connectivity index (χ3v) is 9.61. The van der Waals surface area contributed by atoms with Gasteiger partial charge in [0, 0.05) is 0 Å². The number of halogens is 4. The van der Waals surface area contributed by atoms with Crippen LogP contribution in [-0.4, -0.2) is 19.5 Å². The van der Waals surface area contributed by atoms with E-state index in [1.807, 2.05) is 38.1 Å². The molecule has 5 rings (SSSR count). The minimum absolute atomic E-state index is 0.0128. The molecular formula is C38H32F4O5S. The topological polar surface area (TPSA) is 80.7 Å². The lowest BCUT2D eigenvalue weighted by atomic mass is 9.88. The molecule has 0 spiro atoms. The summed E-state index contributed by atoms with van der Waals surface area (Å²) in [6.07, 6.45) is -3.49. The normalized spacial score (nSPS) is 11.9. The Hall–Kier alpha value is -4.96. The molecule has 0 fully saturated rings. The average molecular weight is 677 g/mol. The molecule has 48 heavy (non-hydrogen) atoms. The van der Waals surface area contributed by atoms with Gasteiger partial charge in [-0.1, -0.05) is 62.4 Å². The van der Waals surface area contributed by atoms with E-state index in [2.05, 4.69) is 0 Å². The van der Waals surface area contributed by atoms with E-state index in [1.54, 1.807) is 12.1 Å². The maximum Gasteiger partial charge on any atom is 0.416 e. The second-order valence-corrected chi connectivity index (χ2v) is 13.7. The zero-order chi connectivity index (χ0) is 34.6. The number of hydrogen-bond acceptors (Lipinski definition) is 4. The molecule has 0 unspecified atom stereocenters. The summed E-state index contributed by atoms with van der Waals surface area (Å²) in [6, 6.07) is 26.8. The monoisotopic (exact) mass is 676 g/mol. The van der Waals surface area contributed by atoms with Gasteiger partial charge in [0.2, 0.25) is 0 Å². The highest BCUT2D eigenvalue weighted by Gasteiger charge is 2.30. The van der Waals surface area contributed by atoms with E-state index in [0.717, 1.165) is 28.8 Å². The van der Waals surface area contributed by atoms with Crippen molar-refractivity contribution in [2.75, 3.05) is 0 Å². The molecule has 0 aromatic heterocycles. The molecule has 1 N–H and O–H groups in total. The Morgan fingerprint density at radius 1 is 0.792 bits per heavy atom. The van der Waals surface area contributed by atoms with Crippen molar-refractivity contribution >= 4 is 15.8 Å². The molecule has 248 valence electrons. The summed E-state index contributed by atoms with van der Waals surface area (Å²) in [5.74, 6) is -1.57. The van der Waals surface area contributed by atoms with Crippen molar-refractivity contribution in [2.24, 2.45) is 0 Å². The van der Waals surface area contributed by atoms with Crippen molar-refractivity contribution in [1.82, 2.24) is 0 Å². The average Bonchev–Trinajstić information content (AvgIpc) is 3.04. The number of rotatable bonds is 11. The van der Waals surface area contributed by atoms with Crippen molar-refractivity contribution in [3.8, 4) is 22.6 Å². The molecule has 0 aliphatic rings. The maximum absolute atomic E-state index is 13.5. The Kier molecular flexibility index (Phi) is 10.0. The van der Waals surface area contributed by atoms with E-state index < -0.39 is 39.1 Å². The minimum atomic E-state index is -4.41. The fraction of sp³-hybridized carbons (Fsp3) is 0.184. The molecule has 0 saturated carbocycles. The first-order valence-corrected chi connectivity index (χ1v) is 16.8. The Bertz CT molecular complexity index is 2020. The van der Waals surface area contributed by atoms with Crippen LogP contribution in [0.15, 0.2) is 114 Å². The molecular weight excluding hydrogens is 644 g/mol. The first-order valence-electron chi connectivity index (χ1n) is 15.1. The van der Waals surface area contributed by atoms with Crippen LogP contribution in [0.25, 0.3) is 11.1 Å². The number of ether oxygens (including phenoxy) is 1. The van der Waals surface area contributed by atoms with Gasteiger partial charge in [-0.2, -0.15) is 13.2 Å². The van der Waals surface area contributed by atoms with Gasteiger partial charge in [0.05, 0.1) is 21.8 Å². The summed E-state index contributed by atoms with van der Waals surface area (Å²) in [6.45, 7) is 3.86. The summed E-state index contributed by atoms with van der Waals surface area (Å²) < 4.78 is 85.0. The molecule has 0 atom stereocenters. The molecule has 5 aromatic carbocycles. The lowest BCUT2D eigenvalue weighted by Gasteiger charge is -2.18. The highest BCUT2D eigenvalue weighted by molar-refractivity contribution is 7.90. The molecule has 0 aliphatic carbocycles. The number of aryl methyl sites for hydroxylation is 2. The zero-order valence-electron chi connectivity index (χ0n) is 26.1. The summed E-state index contributed by atoms with van der Waals surface area (Å²) >= 11 is 0. The SMILES string of the molecule is CC(C)c1cc(CS(=O)(=O)c2ccc(Oc3ccc(F)cc3)cc2)c(C(=O)O)cc1-c1ccc(CCc2cccc(C(F)(F)F)c2)cc1. The van der Waals surface area contributed by atoms with Crippen molar-refractivity contribution < 1.29 is 40.6 Å². The standard InChI is InChI=1S/C38H32F4O5S/c1-24(2)34-21-28(23-48(45,46)33-18-16-32(17-19-33)47-31-14-12-30(39)13-15-31)36(37(43)44)22-35(34)27-10-8-25(9-11-27)6-7-26-4-3-5-29(20-26)38(40,41)42/h3-5,8-22,24H,6-7,23H2,1-2H3,(H,43,44). The predicted molar refractivity (Wildman–Crippen MR) is 176 cm³/mol. The van der Waals surface area contributed by atoms with Crippen LogP contribution < -0.4 is 4.74 Å². The van der Waals surface area contributed by atoms with Crippen LogP contribution in [0.1, 0.15) is 57.9 Å². The molecule has 0 radical (unpaired) electrons. The van der Waals surface area contributed by atoms with Crippen LogP contribution in [0.4, 0.5) is 17.6 Å². The summed E-state index contributed by atoms with van der Waals surface area (Å²) in [4.78, 5) is 12.4. The molecule has 0 heterocycles. The number of carbonyl (C=O) groups is 1. The number of carboxylic acid groups (broad SMARTS) is 1. The molecule has 10 heteroatoms. The molecule has 0 amide bonds. The number of alkyl halides is 3. The van der Waals surface area contributed by atoms with Gasteiger partial charge in [-0.05, 0) is 113 Å². The van der Waals surface area contributed by atoms with Crippen LogP contribution in [0.3, 0.4) is 0 Å². The summed E-state index contributed by atoms with van der Waals surface area (Å²) in [5.41, 5.74) is 2.95. The molecule has 0 bridgehead atoms. The van der Waals surface area contributed by atoms with Gasteiger partial charge in [-0.3, -0.25) is 0 Å². The Morgan fingerprint density at radius 3 is 1.98 bits per heavy atom. The van der Waals surface area contributed by atoms with Gasteiger partial charge in [-0.25, -0.2) is 17.6 Å². The van der Waals surface area contributed by atoms with Crippen LogP contribution in [0.2, 0.25) is 0 Å². The number of aromatic carboxylic acids is 1. The third kappa shape index (κ3) is 8.30. The smallest absolute Gasteiger partial charge is 0.416 e. The molecule has 5 nitrogen and oxygen atoms in total. The van der Waals surface area contributed by atoms with Crippen molar-refractivity contribution in [3.63, 3.8) is 0 Å².